The predicted molar refractivity (Wildman–Crippen MR) is 61.1 cm³/mol. The zero-order valence-electron chi connectivity index (χ0n) is 10.1. The number of nitrogens with zero attached hydrogens (tertiary/aromatic N) is 1. The number of rotatable bonds is 3. The second kappa shape index (κ2) is 7.37. The summed E-state index contributed by atoms with van der Waals surface area (Å²) in [4.78, 5) is 2.52. The molecule has 0 amide bonds. The fourth-order valence-corrected chi connectivity index (χ4v) is 1.91. The van der Waals surface area contributed by atoms with E-state index >= 15 is 0 Å². The molecule has 1 aliphatic heterocycles. The molecule has 13 heavy (non-hydrogen) atoms. The highest BCUT2D eigenvalue weighted by molar-refractivity contribution is 4.77. The van der Waals surface area contributed by atoms with Crippen LogP contribution in [0.5, 0.6) is 0 Å². The second-order valence-electron chi connectivity index (χ2n) is 4.03. The lowest BCUT2D eigenvalue weighted by Gasteiger charge is -2.22. The van der Waals surface area contributed by atoms with Crippen molar-refractivity contribution in [3.05, 3.63) is 0 Å². The fourth-order valence-electron chi connectivity index (χ4n) is 1.91. The van der Waals surface area contributed by atoms with Crippen LogP contribution in [-0.2, 0) is 0 Å². The van der Waals surface area contributed by atoms with Gasteiger partial charge in [0.1, 0.15) is 0 Å². The van der Waals surface area contributed by atoms with Crippen molar-refractivity contribution in [2.45, 2.75) is 59.4 Å². The van der Waals surface area contributed by atoms with Crippen molar-refractivity contribution >= 4 is 0 Å². The summed E-state index contributed by atoms with van der Waals surface area (Å²) in [6.45, 7) is 9.98. The first-order valence-electron chi connectivity index (χ1n) is 5.94. The standard InChI is InChI=1S/C10H21N.C2H6/c1-4-9(2)8-10-6-5-7-11(10)3;1-2/h9-10H,4-8H2,1-3H3;1-2H3. The summed E-state index contributed by atoms with van der Waals surface area (Å²) in [6, 6.07) is 0.893. The average molecular weight is 185 g/mol. The largest absolute Gasteiger partial charge is 0.303 e. The molecule has 2 unspecified atom stereocenters. The second-order valence-corrected chi connectivity index (χ2v) is 4.03. The zero-order chi connectivity index (χ0) is 10.3. The molecule has 0 bridgehead atoms. The van der Waals surface area contributed by atoms with E-state index in [4.69, 9.17) is 0 Å². The van der Waals surface area contributed by atoms with Crippen LogP contribution in [0.4, 0.5) is 0 Å². The van der Waals surface area contributed by atoms with Gasteiger partial charge in [-0.1, -0.05) is 34.1 Å². The molecular formula is C12H27N. The maximum atomic E-state index is 2.52. The summed E-state index contributed by atoms with van der Waals surface area (Å²) < 4.78 is 0. The third-order valence-corrected chi connectivity index (χ3v) is 3.04. The molecule has 0 radical (unpaired) electrons. The number of likely N-dealkylation sites (tertiary alicyclic amines) is 1. The van der Waals surface area contributed by atoms with E-state index in [1.165, 1.54) is 32.2 Å². The Balaban J connectivity index is 0.000000671. The van der Waals surface area contributed by atoms with Crippen molar-refractivity contribution in [3.8, 4) is 0 Å². The molecule has 2 atom stereocenters. The van der Waals surface area contributed by atoms with E-state index in [-0.39, 0.29) is 0 Å². The maximum Gasteiger partial charge on any atom is 0.00952 e. The molecule has 1 heterocycles. The van der Waals surface area contributed by atoms with Crippen LogP contribution >= 0.6 is 0 Å². The Morgan fingerprint density at radius 1 is 1.38 bits per heavy atom. The van der Waals surface area contributed by atoms with E-state index in [1.54, 1.807) is 0 Å². The van der Waals surface area contributed by atoms with Gasteiger partial charge in [0.2, 0.25) is 0 Å². The highest BCUT2D eigenvalue weighted by Gasteiger charge is 2.21. The first-order chi connectivity index (χ1) is 6.24. The third kappa shape index (κ3) is 4.66. The molecule has 0 spiro atoms. The van der Waals surface area contributed by atoms with Crippen LogP contribution in [0.15, 0.2) is 0 Å². The van der Waals surface area contributed by atoms with Crippen LogP contribution in [0, 0.1) is 5.92 Å². The van der Waals surface area contributed by atoms with Crippen LogP contribution in [0.25, 0.3) is 0 Å². The Kier molecular flexibility index (Phi) is 7.35. The normalized spacial score (nSPS) is 25.2. The summed E-state index contributed by atoms with van der Waals surface area (Å²) >= 11 is 0. The molecule has 1 rings (SSSR count). The minimum absolute atomic E-state index is 0.893. The monoisotopic (exact) mass is 185 g/mol. The van der Waals surface area contributed by atoms with Crippen LogP contribution in [0.3, 0.4) is 0 Å². The highest BCUT2D eigenvalue weighted by atomic mass is 15.1. The van der Waals surface area contributed by atoms with E-state index in [2.05, 4.69) is 25.8 Å². The van der Waals surface area contributed by atoms with Crippen molar-refractivity contribution in [2.24, 2.45) is 5.92 Å². The summed E-state index contributed by atoms with van der Waals surface area (Å²) in [5.74, 6) is 0.917. The lowest BCUT2D eigenvalue weighted by Crippen LogP contribution is -2.26. The molecule has 1 fully saturated rings. The Bertz CT molecular complexity index is 112. The average Bonchev–Trinajstić information content (AvgIpc) is 2.55. The Hall–Kier alpha value is -0.0400. The van der Waals surface area contributed by atoms with Crippen molar-refractivity contribution in [3.63, 3.8) is 0 Å². The van der Waals surface area contributed by atoms with Crippen LogP contribution in [0.1, 0.15) is 53.4 Å². The predicted octanol–water partition coefficient (Wildman–Crippen LogP) is 3.54. The van der Waals surface area contributed by atoms with Gasteiger partial charge in [-0.05, 0) is 38.8 Å². The SMILES string of the molecule is CC.CCC(C)CC1CCCN1C. The van der Waals surface area contributed by atoms with Gasteiger partial charge in [-0.15, -0.1) is 0 Å². The Morgan fingerprint density at radius 3 is 2.38 bits per heavy atom. The highest BCUT2D eigenvalue weighted by Crippen LogP contribution is 2.22. The molecule has 0 N–H and O–H groups in total. The van der Waals surface area contributed by atoms with E-state index in [0.29, 0.717) is 0 Å². The maximum absolute atomic E-state index is 2.52. The molecule has 1 nitrogen and oxygen atoms in total. The molecule has 0 aromatic carbocycles. The van der Waals surface area contributed by atoms with E-state index in [1.807, 2.05) is 13.8 Å². The molecule has 1 aliphatic rings. The van der Waals surface area contributed by atoms with Crippen molar-refractivity contribution in [2.75, 3.05) is 13.6 Å². The minimum atomic E-state index is 0.893. The smallest absolute Gasteiger partial charge is 0.00952 e. The number of hydrogen-bond donors (Lipinski definition) is 0. The molecule has 80 valence electrons. The molecule has 1 saturated heterocycles. The van der Waals surface area contributed by atoms with Crippen molar-refractivity contribution in [1.82, 2.24) is 4.90 Å². The number of hydrogen-bond acceptors (Lipinski definition) is 1. The van der Waals surface area contributed by atoms with Gasteiger partial charge in [0, 0.05) is 6.04 Å². The van der Waals surface area contributed by atoms with Crippen LogP contribution < -0.4 is 0 Å². The quantitative estimate of drug-likeness (QED) is 0.650. The lowest BCUT2D eigenvalue weighted by molar-refractivity contribution is 0.264. The summed E-state index contributed by atoms with van der Waals surface area (Å²) in [5.41, 5.74) is 0. The van der Waals surface area contributed by atoms with Crippen LogP contribution in [-0.4, -0.2) is 24.5 Å². The zero-order valence-corrected chi connectivity index (χ0v) is 10.1. The summed E-state index contributed by atoms with van der Waals surface area (Å²) in [6.07, 6.45) is 5.59. The fraction of sp³-hybridized carbons (Fsp3) is 1.00. The Morgan fingerprint density at radius 2 is 2.00 bits per heavy atom. The van der Waals surface area contributed by atoms with E-state index < -0.39 is 0 Å². The lowest BCUT2D eigenvalue weighted by atomic mass is 9.98. The van der Waals surface area contributed by atoms with Gasteiger partial charge in [0.05, 0.1) is 0 Å². The summed E-state index contributed by atoms with van der Waals surface area (Å²) in [5, 5.41) is 0. The minimum Gasteiger partial charge on any atom is -0.303 e. The topological polar surface area (TPSA) is 3.24 Å². The molecule has 0 aliphatic carbocycles. The Labute approximate surface area is 84.5 Å². The molecule has 0 aromatic heterocycles. The molecular weight excluding hydrogens is 158 g/mol. The van der Waals surface area contributed by atoms with Crippen LogP contribution in [0.2, 0.25) is 0 Å². The van der Waals surface area contributed by atoms with Gasteiger partial charge in [-0.3, -0.25) is 0 Å². The summed E-state index contributed by atoms with van der Waals surface area (Å²) in [7, 11) is 2.26. The first kappa shape index (κ1) is 13.0. The third-order valence-electron chi connectivity index (χ3n) is 3.04. The van der Waals surface area contributed by atoms with Gasteiger partial charge in [-0.2, -0.15) is 0 Å². The molecule has 0 saturated carbocycles. The van der Waals surface area contributed by atoms with E-state index in [0.717, 1.165) is 12.0 Å². The first-order valence-corrected chi connectivity index (χ1v) is 5.94. The van der Waals surface area contributed by atoms with E-state index in [9.17, 15) is 0 Å². The van der Waals surface area contributed by atoms with Gasteiger partial charge in [-0.25, -0.2) is 0 Å². The van der Waals surface area contributed by atoms with Gasteiger partial charge >= 0.3 is 0 Å². The molecule has 1 heteroatoms. The van der Waals surface area contributed by atoms with Crippen molar-refractivity contribution < 1.29 is 0 Å². The van der Waals surface area contributed by atoms with Gasteiger partial charge in [0.25, 0.3) is 0 Å². The van der Waals surface area contributed by atoms with Gasteiger partial charge in [0.15, 0.2) is 0 Å². The van der Waals surface area contributed by atoms with Gasteiger partial charge < -0.3 is 4.90 Å². The molecule has 0 aromatic rings. The van der Waals surface area contributed by atoms with Crippen molar-refractivity contribution in [1.29, 1.82) is 0 Å².